The Morgan fingerprint density at radius 3 is 1.96 bits per heavy atom. The number of esters is 3. The van der Waals surface area contributed by atoms with E-state index >= 15 is 0 Å². The highest BCUT2D eigenvalue weighted by atomic mass is 16.7. The van der Waals surface area contributed by atoms with Crippen LogP contribution in [0.25, 0.3) is 22.3 Å². The van der Waals surface area contributed by atoms with Crippen LogP contribution in [0.1, 0.15) is 67.5 Å². The number of nitrogen functional groups attached to an aromatic ring is 2. The molecule has 276 valence electrons. The predicted octanol–water partition coefficient (Wildman–Crippen LogP) is 2.48. The zero-order chi connectivity index (χ0) is 38.4. The maximum atomic E-state index is 11.6. The zero-order valence-electron chi connectivity index (χ0n) is 29.9. The largest absolute Gasteiger partial charge is 0.457 e. The zero-order valence-corrected chi connectivity index (χ0v) is 29.9. The molecule has 0 aromatic carbocycles. The Bertz CT molecular complexity index is 2000. The Morgan fingerprint density at radius 1 is 0.827 bits per heavy atom. The van der Waals surface area contributed by atoms with Crippen LogP contribution >= 0.6 is 0 Å². The molecule has 18 heteroatoms. The summed E-state index contributed by atoms with van der Waals surface area (Å²) in [5.74, 6) is 4.20. The summed E-state index contributed by atoms with van der Waals surface area (Å²) in [7, 11) is 0. The smallest absolute Gasteiger partial charge is 0.305 e. The topological polar surface area (TPSA) is 247 Å². The molecule has 52 heavy (non-hydrogen) atoms. The van der Waals surface area contributed by atoms with Gasteiger partial charge >= 0.3 is 17.9 Å². The van der Waals surface area contributed by atoms with E-state index in [0.717, 1.165) is 0 Å². The molecule has 0 saturated carbocycles. The van der Waals surface area contributed by atoms with Gasteiger partial charge in [-0.2, -0.15) is 0 Å². The van der Waals surface area contributed by atoms with Crippen LogP contribution in [0, 0.1) is 36.5 Å². The van der Waals surface area contributed by atoms with Crippen molar-refractivity contribution in [1.29, 1.82) is 0 Å². The first-order valence-electron chi connectivity index (χ1n) is 16.3. The molecule has 8 atom stereocenters. The monoisotopic (exact) mass is 718 g/mol. The lowest BCUT2D eigenvalue weighted by Gasteiger charge is -2.25. The number of terminal acetylenes is 2. The number of aromatic amines is 1. The molecule has 0 bridgehead atoms. The highest BCUT2D eigenvalue weighted by Gasteiger charge is 2.55. The van der Waals surface area contributed by atoms with Gasteiger partial charge in [0.2, 0.25) is 6.29 Å². The Balaban J connectivity index is 0.000000189. The summed E-state index contributed by atoms with van der Waals surface area (Å²) in [5, 5.41) is 0. The molecule has 3 unspecified atom stereocenters. The molecule has 0 amide bonds. The van der Waals surface area contributed by atoms with Crippen LogP contribution in [0.5, 0.6) is 0 Å². The summed E-state index contributed by atoms with van der Waals surface area (Å²) in [6.45, 7) is 11.5. The normalized spacial score (nSPS) is 27.6. The van der Waals surface area contributed by atoms with Gasteiger partial charge in [0.05, 0.1) is 12.7 Å². The number of nitrogens with two attached hydrogens (primary N) is 2. The third-order valence-corrected chi connectivity index (χ3v) is 9.00. The molecule has 2 saturated heterocycles. The van der Waals surface area contributed by atoms with Gasteiger partial charge in [0.25, 0.3) is 0 Å². The molecule has 6 rings (SSSR count). The van der Waals surface area contributed by atoms with E-state index in [1.54, 1.807) is 10.9 Å². The van der Waals surface area contributed by atoms with Crippen molar-refractivity contribution in [2.45, 2.75) is 97.2 Å². The molecule has 2 aliphatic heterocycles. The van der Waals surface area contributed by atoms with E-state index in [0.29, 0.717) is 41.0 Å². The van der Waals surface area contributed by atoms with Crippen LogP contribution < -0.4 is 11.5 Å². The van der Waals surface area contributed by atoms with Crippen LogP contribution in [0.4, 0.5) is 11.6 Å². The van der Waals surface area contributed by atoms with E-state index in [-0.39, 0.29) is 17.7 Å². The maximum absolute atomic E-state index is 11.6. The number of hydrogen-bond acceptors (Lipinski definition) is 16. The van der Waals surface area contributed by atoms with E-state index in [2.05, 4.69) is 46.7 Å². The summed E-state index contributed by atoms with van der Waals surface area (Å²) in [6, 6.07) is 0. The number of carbonyl (C=O) groups excluding carboxylic acids is 3. The third kappa shape index (κ3) is 7.73. The second-order valence-electron chi connectivity index (χ2n) is 12.0. The fourth-order valence-corrected chi connectivity index (χ4v) is 6.14. The molecule has 4 aromatic rings. The predicted molar refractivity (Wildman–Crippen MR) is 186 cm³/mol. The summed E-state index contributed by atoms with van der Waals surface area (Å²) >= 11 is 0. The van der Waals surface area contributed by atoms with Crippen molar-refractivity contribution in [3.05, 3.63) is 25.3 Å². The highest BCUT2D eigenvalue weighted by Crippen LogP contribution is 2.45. The van der Waals surface area contributed by atoms with Crippen molar-refractivity contribution >= 4 is 51.9 Å². The first kappa shape index (κ1) is 38.9. The standard InChI is InChI=1S/C16H19N5O3.C13H18O5.C5H5N5/c1-5-16(6-2)9(3)12(23-10(4)22)15(24-16)21-8-20-11-13(17)18-7-19-14(11)21;1-6-13(7-2)8(3)11(16-9(4)14)12(18-13)17-10(5)15;6-4-3-5(9-1-7-3)10-2-8-4/h1,7-9,12,15H,6H2,2-4H3,(H2,17,18,19);1,8,11-12H,7H2,2-5H3;1-2H,(H3,6,7,8,9,10)/t9?,12-,15+,16+;8?,11-,12?,13+;/m00./s1. The van der Waals surface area contributed by atoms with E-state index in [1.165, 1.54) is 39.8 Å². The average Bonchev–Trinajstić information content (AvgIpc) is 3.88. The Hall–Kier alpha value is -5.85. The number of H-pyrrole nitrogens is 1. The number of nitrogens with zero attached hydrogens (tertiary/aromatic N) is 7. The fraction of sp³-hybridized carbons (Fsp3) is 0.500. The molecule has 4 aromatic heterocycles. The van der Waals surface area contributed by atoms with Crippen molar-refractivity contribution in [1.82, 2.24) is 39.5 Å². The fourth-order valence-electron chi connectivity index (χ4n) is 6.14. The number of anilines is 2. The molecule has 2 aliphatic rings. The summed E-state index contributed by atoms with van der Waals surface area (Å²) in [4.78, 5) is 60.4. The van der Waals surface area contributed by atoms with Crippen molar-refractivity contribution in [3.8, 4) is 24.7 Å². The van der Waals surface area contributed by atoms with Gasteiger partial charge in [-0.1, -0.05) is 39.5 Å². The Kier molecular flexibility index (Phi) is 12.0. The first-order valence-corrected chi connectivity index (χ1v) is 16.3. The molecule has 6 heterocycles. The van der Waals surface area contributed by atoms with Gasteiger partial charge in [0, 0.05) is 32.6 Å². The summed E-state index contributed by atoms with van der Waals surface area (Å²) in [6.07, 6.45) is 15.4. The van der Waals surface area contributed by atoms with Gasteiger partial charge in [0.1, 0.15) is 34.9 Å². The molecule has 0 spiro atoms. The van der Waals surface area contributed by atoms with Crippen LogP contribution in [-0.4, -0.2) is 87.1 Å². The van der Waals surface area contributed by atoms with E-state index in [1.807, 2.05) is 27.7 Å². The number of aromatic nitrogens is 8. The molecular formula is C34H42N10O8. The Morgan fingerprint density at radius 2 is 1.38 bits per heavy atom. The lowest BCUT2D eigenvalue weighted by atomic mass is 9.85. The number of rotatable bonds is 6. The van der Waals surface area contributed by atoms with E-state index < -0.39 is 53.8 Å². The second kappa shape index (κ2) is 16.0. The summed E-state index contributed by atoms with van der Waals surface area (Å²) < 4.78 is 29.2. The highest BCUT2D eigenvalue weighted by molar-refractivity contribution is 5.81. The van der Waals surface area contributed by atoms with E-state index in [9.17, 15) is 14.4 Å². The van der Waals surface area contributed by atoms with Gasteiger partial charge in [-0.05, 0) is 12.8 Å². The van der Waals surface area contributed by atoms with Gasteiger partial charge < -0.3 is 40.1 Å². The maximum Gasteiger partial charge on any atom is 0.305 e. The molecule has 0 radical (unpaired) electrons. The van der Waals surface area contributed by atoms with Crippen LogP contribution in [-0.2, 0) is 38.1 Å². The summed E-state index contributed by atoms with van der Waals surface area (Å²) in [5.41, 5.74) is 11.9. The van der Waals surface area contributed by atoms with Crippen LogP contribution in [0.3, 0.4) is 0 Å². The minimum Gasteiger partial charge on any atom is -0.457 e. The number of ether oxygens (including phenoxy) is 5. The quantitative estimate of drug-likeness (QED) is 0.147. The van der Waals surface area contributed by atoms with Gasteiger partial charge in [0.15, 0.2) is 41.4 Å². The SMILES string of the molecule is C#C[C@]1(CC)OC(OC(C)=O)[C@@H](OC(C)=O)C1C.C#C[C@]1(CC)O[C@@H](n2cnc3c(N)ncnc32)[C@@H](OC(C)=O)C1C.Nc1ncnc2nc[nH]c12. The van der Waals surface area contributed by atoms with Gasteiger partial charge in [-0.3, -0.25) is 19.0 Å². The van der Waals surface area contributed by atoms with Crippen molar-refractivity contribution in [3.63, 3.8) is 0 Å². The molecule has 18 nitrogen and oxygen atoms in total. The molecule has 0 aliphatic carbocycles. The van der Waals surface area contributed by atoms with Crippen LogP contribution in [0.15, 0.2) is 25.3 Å². The number of hydrogen-bond donors (Lipinski definition) is 3. The van der Waals surface area contributed by atoms with Gasteiger partial charge in [-0.15, -0.1) is 12.8 Å². The molecule has 2 fully saturated rings. The lowest BCUT2D eigenvalue weighted by Crippen LogP contribution is -2.36. The first-order chi connectivity index (χ1) is 24.7. The van der Waals surface area contributed by atoms with Crippen molar-refractivity contribution in [2.24, 2.45) is 11.8 Å². The van der Waals surface area contributed by atoms with E-state index in [4.69, 9.17) is 48.0 Å². The Labute approximate surface area is 299 Å². The average molecular weight is 719 g/mol. The third-order valence-electron chi connectivity index (χ3n) is 9.00. The van der Waals surface area contributed by atoms with Crippen LogP contribution in [0.2, 0.25) is 0 Å². The number of fused-ring (bicyclic) bond motifs is 2. The number of carbonyl (C=O) groups is 3. The lowest BCUT2D eigenvalue weighted by molar-refractivity contribution is -0.199. The molecule has 5 N–H and O–H groups in total. The minimum absolute atomic E-state index is 0.196. The number of imidazole rings is 2. The second-order valence-corrected chi connectivity index (χ2v) is 12.0. The molecular weight excluding hydrogens is 676 g/mol. The van der Waals surface area contributed by atoms with Gasteiger partial charge in [-0.25, -0.2) is 29.9 Å². The van der Waals surface area contributed by atoms with Crippen molar-refractivity contribution < 1.29 is 38.1 Å². The van der Waals surface area contributed by atoms with Crippen molar-refractivity contribution in [2.75, 3.05) is 11.5 Å². The minimum atomic E-state index is -0.947. The number of nitrogens with one attached hydrogen (secondary N) is 1.